The topological polar surface area (TPSA) is 89.5 Å². The number of esters is 1. The van der Waals surface area contributed by atoms with Gasteiger partial charge in [0.1, 0.15) is 0 Å². The summed E-state index contributed by atoms with van der Waals surface area (Å²) in [5, 5.41) is 2.63. The first kappa shape index (κ1) is 18.4. The van der Waals surface area contributed by atoms with E-state index in [1.165, 1.54) is 6.92 Å². The number of carbonyl (C=O) groups excluding carboxylic acids is 2. The van der Waals surface area contributed by atoms with Gasteiger partial charge in [0.15, 0.2) is 15.9 Å². The lowest BCUT2D eigenvalue weighted by Gasteiger charge is -2.18. The summed E-state index contributed by atoms with van der Waals surface area (Å²) >= 11 is 0. The number of rotatable bonds is 6. The number of sulfone groups is 1. The minimum Gasteiger partial charge on any atom is -0.453 e. The minimum atomic E-state index is -3.06. The van der Waals surface area contributed by atoms with Crippen LogP contribution in [0.25, 0.3) is 0 Å². The molecule has 1 N–H and O–H groups in total. The monoisotopic (exact) mass is 353 g/mol. The van der Waals surface area contributed by atoms with Gasteiger partial charge in [0.2, 0.25) is 0 Å². The van der Waals surface area contributed by atoms with E-state index in [0.29, 0.717) is 6.42 Å². The number of amides is 1. The summed E-state index contributed by atoms with van der Waals surface area (Å²) in [6.45, 7) is 3.41. The van der Waals surface area contributed by atoms with Crippen LogP contribution >= 0.6 is 0 Å². The van der Waals surface area contributed by atoms with Crippen LogP contribution < -0.4 is 5.32 Å². The predicted octanol–water partition coefficient (Wildman–Crippen LogP) is 1.42. The smallest absolute Gasteiger partial charge is 0.307 e. The third-order valence-corrected chi connectivity index (χ3v) is 5.87. The molecule has 1 saturated heterocycles. The van der Waals surface area contributed by atoms with E-state index in [9.17, 15) is 18.0 Å². The van der Waals surface area contributed by atoms with Crippen LogP contribution in [0.4, 0.5) is 0 Å². The summed E-state index contributed by atoms with van der Waals surface area (Å²) in [5.74, 6) is -0.884. The average molecular weight is 353 g/mol. The summed E-state index contributed by atoms with van der Waals surface area (Å²) in [6.07, 6.45) is -0.358. The molecule has 1 aliphatic rings. The SMILES string of the molecule is C[C@H](OC(=O)C[C@H](C)c1ccccc1)C(=O)N[C@@H]1CCS(=O)(=O)C1. The van der Waals surface area contributed by atoms with Gasteiger partial charge < -0.3 is 10.1 Å². The maximum absolute atomic E-state index is 12.0. The molecule has 1 fully saturated rings. The summed E-state index contributed by atoms with van der Waals surface area (Å²) in [6, 6.07) is 9.20. The van der Waals surface area contributed by atoms with Crippen LogP contribution in [-0.4, -0.2) is 43.9 Å². The van der Waals surface area contributed by atoms with Crippen LogP contribution in [0.2, 0.25) is 0 Å². The van der Waals surface area contributed by atoms with E-state index in [1.54, 1.807) is 0 Å². The van der Waals surface area contributed by atoms with Crippen LogP contribution in [0, 0.1) is 0 Å². The molecule has 1 amide bonds. The van der Waals surface area contributed by atoms with E-state index < -0.39 is 33.9 Å². The van der Waals surface area contributed by atoms with Crippen molar-refractivity contribution < 1.29 is 22.7 Å². The lowest BCUT2D eigenvalue weighted by Crippen LogP contribution is -2.42. The van der Waals surface area contributed by atoms with Gasteiger partial charge in [-0.3, -0.25) is 9.59 Å². The first-order chi connectivity index (χ1) is 11.3. The van der Waals surface area contributed by atoms with E-state index in [-0.39, 0.29) is 23.8 Å². The van der Waals surface area contributed by atoms with E-state index in [1.807, 2.05) is 37.3 Å². The Kier molecular flexibility index (Phi) is 5.99. The highest BCUT2D eigenvalue weighted by atomic mass is 32.2. The Morgan fingerprint density at radius 2 is 1.92 bits per heavy atom. The maximum Gasteiger partial charge on any atom is 0.307 e. The van der Waals surface area contributed by atoms with E-state index in [0.717, 1.165) is 5.56 Å². The quantitative estimate of drug-likeness (QED) is 0.781. The Labute approximate surface area is 142 Å². The molecule has 0 aliphatic carbocycles. The molecule has 24 heavy (non-hydrogen) atoms. The molecule has 6 nitrogen and oxygen atoms in total. The fourth-order valence-electron chi connectivity index (χ4n) is 2.68. The van der Waals surface area contributed by atoms with Crippen molar-refractivity contribution in [1.82, 2.24) is 5.32 Å². The molecule has 132 valence electrons. The standard InChI is InChI=1S/C17H23NO5S/c1-12(14-6-4-3-5-7-14)10-16(19)23-13(2)17(20)18-15-8-9-24(21,22)11-15/h3-7,12-13,15H,8-11H2,1-2H3,(H,18,20)/t12-,13-,15+/m0/s1. The van der Waals surface area contributed by atoms with Crippen LogP contribution in [0.5, 0.6) is 0 Å². The zero-order valence-corrected chi connectivity index (χ0v) is 14.7. The van der Waals surface area contributed by atoms with Gasteiger partial charge in [-0.2, -0.15) is 0 Å². The number of nitrogens with one attached hydrogen (secondary N) is 1. The molecular formula is C17H23NO5S. The van der Waals surface area contributed by atoms with Gasteiger partial charge in [0, 0.05) is 6.04 Å². The van der Waals surface area contributed by atoms with E-state index in [4.69, 9.17) is 4.74 Å². The zero-order valence-electron chi connectivity index (χ0n) is 13.9. The third-order valence-electron chi connectivity index (χ3n) is 4.10. The molecule has 1 aromatic rings. The summed E-state index contributed by atoms with van der Waals surface area (Å²) in [5.41, 5.74) is 1.03. The van der Waals surface area contributed by atoms with Gasteiger partial charge in [-0.05, 0) is 24.8 Å². The molecular weight excluding hydrogens is 330 g/mol. The molecule has 0 radical (unpaired) electrons. The second-order valence-corrected chi connectivity index (χ2v) is 8.49. The number of hydrogen-bond donors (Lipinski definition) is 1. The number of hydrogen-bond acceptors (Lipinski definition) is 5. The second kappa shape index (κ2) is 7.79. The second-order valence-electron chi connectivity index (χ2n) is 6.26. The van der Waals surface area contributed by atoms with Gasteiger partial charge in [0.25, 0.3) is 5.91 Å². The number of benzene rings is 1. The molecule has 0 aromatic heterocycles. The van der Waals surface area contributed by atoms with Gasteiger partial charge in [0.05, 0.1) is 17.9 Å². The van der Waals surface area contributed by atoms with Crippen molar-refractivity contribution in [3.63, 3.8) is 0 Å². The predicted molar refractivity (Wildman–Crippen MR) is 90.2 cm³/mol. The Morgan fingerprint density at radius 3 is 2.50 bits per heavy atom. The van der Waals surface area contributed by atoms with E-state index in [2.05, 4.69) is 5.32 Å². The molecule has 0 bridgehead atoms. The van der Waals surface area contributed by atoms with Gasteiger partial charge in [-0.15, -0.1) is 0 Å². The van der Waals surface area contributed by atoms with Crippen LogP contribution in [0.1, 0.15) is 38.2 Å². The molecule has 0 spiro atoms. The highest BCUT2D eigenvalue weighted by molar-refractivity contribution is 7.91. The van der Waals surface area contributed by atoms with Crippen LogP contribution in [-0.2, 0) is 24.2 Å². The van der Waals surface area contributed by atoms with Gasteiger partial charge in [-0.1, -0.05) is 37.3 Å². The van der Waals surface area contributed by atoms with Crippen LogP contribution in [0.15, 0.2) is 30.3 Å². The Hall–Kier alpha value is -1.89. The number of ether oxygens (including phenoxy) is 1. The Bertz CT molecular complexity index is 686. The van der Waals surface area contributed by atoms with E-state index >= 15 is 0 Å². The largest absolute Gasteiger partial charge is 0.453 e. The molecule has 3 atom stereocenters. The minimum absolute atomic E-state index is 0.00561. The fourth-order valence-corrected chi connectivity index (χ4v) is 4.35. The zero-order chi connectivity index (χ0) is 17.7. The first-order valence-electron chi connectivity index (χ1n) is 8.02. The maximum atomic E-state index is 12.0. The van der Waals surface area contributed by atoms with Crippen molar-refractivity contribution in [3.05, 3.63) is 35.9 Å². The van der Waals surface area contributed by atoms with Crippen molar-refractivity contribution in [1.29, 1.82) is 0 Å². The van der Waals surface area contributed by atoms with Crippen molar-refractivity contribution in [2.45, 2.75) is 44.8 Å². The molecule has 1 aromatic carbocycles. The summed E-state index contributed by atoms with van der Waals surface area (Å²) in [7, 11) is -3.06. The van der Waals surface area contributed by atoms with Crippen molar-refractivity contribution in [2.24, 2.45) is 0 Å². The van der Waals surface area contributed by atoms with Gasteiger partial charge in [-0.25, -0.2) is 8.42 Å². The summed E-state index contributed by atoms with van der Waals surface area (Å²) < 4.78 is 27.9. The lowest BCUT2D eigenvalue weighted by molar-refractivity contribution is -0.155. The lowest BCUT2D eigenvalue weighted by atomic mass is 9.98. The molecule has 2 rings (SSSR count). The van der Waals surface area contributed by atoms with Crippen LogP contribution in [0.3, 0.4) is 0 Å². The molecule has 1 heterocycles. The van der Waals surface area contributed by atoms with Crippen molar-refractivity contribution in [2.75, 3.05) is 11.5 Å². The highest BCUT2D eigenvalue weighted by Gasteiger charge is 2.30. The molecule has 7 heteroatoms. The fraction of sp³-hybridized carbons (Fsp3) is 0.529. The average Bonchev–Trinajstić information content (AvgIpc) is 2.86. The highest BCUT2D eigenvalue weighted by Crippen LogP contribution is 2.19. The Balaban J connectivity index is 1.79. The molecule has 0 unspecified atom stereocenters. The Morgan fingerprint density at radius 1 is 1.25 bits per heavy atom. The molecule has 1 aliphatic heterocycles. The number of carbonyl (C=O) groups is 2. The van der Waals surface area contributed by atoms with Crippen molar-refractivity contribution in [3.8, 4) is 0 Å². The summed E-state index contributed by atoms with van der Waals surface area (Å²) in [4.78, 5) is 24.0. The van der Waals surface area contributed by atoms with Gasteiger partial charge >= 0.3 is 5.97 Å². The normalized spacial score (nSPS) is 21.7. The first-order valence-corrected chi connectivity index (χ1v) is 9.84. The third kappa shape index (κ3) is 5.33. The molecule has 0 saturated carbocycles. The van der Waals surface area contributed by atoms with Crippen molar-refractivity contribution >= 4 is 21.7 Å².